The Kier molecular flexibility index (Phi) is 11.6. The highest BCUT2D eigenvalue weighted by molar-refractivity contribution is 5.75. The number of unbranched alkanes of at least 4 members (excludes halogenated alkanes) is 2. The van der Waals surface area contributed by atoms with Gasteiger partial charge in [-0.05, 0) is 32.4 Å². The van der Waals surface area contributed by atoms with Crippen molar-refractivity contribution in [2.75, 3.05) is 32.8 Å². The smallest absolute Gasteiger partial charge is 0.310 e. The molecule has 138 valence electrons. The molecule has 0 saturated carbocycles. The summed E-state index contributed by atoms with van der Waals surface area (Å²) in [5.74, 6) is 6.27. The zero-order valence-corrected chi connectivity index (χ0v) is 15.8. The summed E-state index contributed by atoms with van der Waals surface area (Å²) in [6.07, 6.45) is 7.13. The maximum absolute atomic E-state index is 11.9. The van der Waals surface area contributed by atoms with Crippen LogP contribution in [0.3, 0.4) is 0 Å². The quantitative estimate of drug-likeness (QED) is 0.310. The number of hydrogen-bond acceptors (Lipinski definition) is 4. The molecular weight excluding hydrogens is 302 g/mol. The molecule has 0 spiro atoms. The first-order valence-electron chi connectivity index (χ1n) is 9.67. The number of hydrogen-bond donors (Lipinski definition) is 0. The fraction of sp³-hybridized carbons (Fsp3) is 0.850. The molecule has 0 aliphatic carbocycles. The third-order valence-electron chi connectivity index (χ3n) is 4.25. The van der Waals surface area contributed by atoms with E-state index in [1.54, 1.807) is 0 Å². The summed E-state index contributed by atoms with van der Waals surface area (Å²) < 4.78 is 10.8. The van der Waals surface area contributed by atoms with E-state index in [9.17, 15) is 4.79 Å². The van der Waals surface area contributed by atoms with Crippen molar-refractivity contribution in [1.29, 1.82) is 0 Å². The van der Waals surface area contributed by atoms with Gasteiger partial charge in [-0.25, -0.2) is 0 Å². The maximum Gasteiger partial charge on any atom is 0.310 e. The number of carbonyl (C=O) groups is 1. The van der Waals surface area contributed by atoms with E-state index in [2.05, 4.69) is 37.5 Å². The molecule has 0 aromatic carbocycles. The second kappa shape index (κ2) is 13.3. The van der Waals surface area contributed by atoms with Crippen molar-refractivity contribution in [3.8, 4) is 11.8 Å². The Morgan fingerprint density at radius 2 is 1.83 bits per heavy atom. The molecule has 0 bridgehead atoms. The minimum Gasteiger partial charge on any atom is -0.460 e. The van der Waals surface area contributed by atoms with Crippen LogP contribution in [0.1, 0.15) is 65.7 Å². The van der Waals surface area contributed by atoms with E-state index in [-0.39, 0.29) is 18.0 Å². The van der Waals surface area contributed by atoms with E-state index >= 15 is 0 Å². The fourth-order valence-electron chi connectivity index (χ4n) is 2.75. The van der Waals surface area contributed by atoms with Gasteiger partial charge in [-0.15, -0.1) is 5.92 Å². The monoisotopic (exact) mass is 337 g/mol. The van der Waals surface area contributed by atoms with Crippen LogP contribution >= 0.6 is 0 Å². The highest BCUT2D eigenvalue weighted by Gasteiger charge is 2.33. The lowest BCUT2D eigenvalue weighted by molar-refractivity contribution is -0.146. The first kappa shape index (κ1) is 21.0. The predicted molar refractivity (Wildman–Crippen MR) is 97.7 cm³/mol. The molecule has 0 unspecified atom stereocenters. The van der Waals surface area contributed by atoms with Crippen molar-refractivity contribution >= 4 is 5.97 Å². The largest absolute Gasteiger partial charge is 0.460 e. The van der Waals surface area contributed by atoms with E-state index in [1.807, 2.05) is 0 Å². The van der Waals surface area contributed by atoms with Gasteiger partial charge in [0, 0.05) is 19.4 Å². The van der Waals surface area contributed by atoms with Gasteiger partial charge in [0.25, 0.3) is 0 Å². The van der Waals surface area contributed by atoms with Gasteiger partial charge in [0.2, 0.25) is 0 Å². The zero-order chi connectivity index (χ0) is 17.6. The van der Waals surface area contributed by atoms with Gasteiger partial charge in [0.15, 0.2) is 0 Å². The van der Waals surface area contributed by atoms with E-state index in [4.69, 9.17) is 9.47 Å². The van der Waals surface area contributed by atoms with Gasteiger partial charge >= 0.3 is 5.97 Å². The van der Waals surface area contributed by atoms with E-state index in [1.165, 1.54) is 25.7 Å². The summed E-state index contributed by atoms with van der Waals surface area (Å²) >= 11 is 0. The molecule has 0 amide bonds. The molecule has 0 N–H and O–H groups in total. The van der Waals surface area contributed by atoms with Crippen LogP contribution in [0.5, 0.6) is 0 Å². The summed E-state index contributed by atoms with van der Waals surface area (Å²) in [6.45, 7) is 10.8. The molecule has 1 fully saturated rings. The Hall–Kier alpha value is -1.05. The number of cyclic esters (lactones) is 1. The summed E-state index contributed by atoms with van der Waals surface area (Å²) in [6, 6.07) is 0. The summed E-state index contributed by atoms with van der Waals surface area (Å²) in [4.78, 5) is 14.3. The van der Waals surface area contributed by atoms with Crippen molar-refractivity contribution < 1.29 is 14.3 Å². The molecule has 0 aromatic rings. The molecule has 4 heteroatoms. The molecule has 24 heavy (non-hydrogen) atoms. The zero-order valence-electron chi connectivity index (χ0n) is 15.8. The van der Waals surface area contributed by atoms with Crippen LogP contribution in [0.4, 0.5) is 0 Å². The van der Waals surface area contributed by atoms with Gasteiger partial charge in [0.1, 0.15) is 6.10 Å². The van der Waals surface area contributed by atoms with Crippen LogP contribution in [-0.4, -0.2) is 49.8 Å². The number of carbonyl (C=O) groups excluding carboxylic acids is 1. The Morgan fingerprint density at radius 3 is 2.46 bits per heavy atom. The number of esters is 1. The lowest BCUT2D eigenvalue weighted by Crippen LogP contribution is -2.26. The molecule has 0 radical (unpaired) electrons. The topological polar surface area (TPSA) is 38.8 Å². The van der Waals surface area contributed by atoms with Crippen LogP contribution in [0.2, 0.25) is 0 Å². The van der Waals surface area contributed by atoms with Crippen molar-refractivity contribution in [2.24, 2.45) is 5.92 Å². The second-order valence-electron chi connectivity index (χ2n) is 6.61. The molecule has 1 heterocycles. The van der Waals surface area contributed by atoms with Crippen molar-refractivity contribution in [3.05, 3.63) is 0 Å². The Balaban J connectivity index is 2.31. The molecule has 2 atom stereocenters. The van der Waals surface area contributed by atoms with Crippen molar-refractivity contribution in [1.82, 2.24) is 4.90 Å². The maximum atomic E-state index is 11.9. The third kappa shape index (κ3) is 8.70. The Labute approximate surface area is 148 Å². The molecule has 1 rings (SSSR count). The predicted octanol–water partition coefficient (Wildman–Crippen LogP) is 3.64. The van der Waals surface area contributed by atoms with Crippen LogP contribution in [0.15, 0.2) is 0 Å². The van der Waals surface area contributed by atoms with Gasteiger partial charge < -0.3 is 9.47 Å². The number of rotatable bonds is 12. The Bertz CT molecular complexity index is 391. The fourth-order valence-corrected chi connectivity index (χ4v) is 2.75. The normalized spacial score (nSPS) is 20.1. The molecule has 1 aliphatic heterocycles. The molecular formula is C20H35NO3. The molecule has 1 saturated heterocycles. The van der Waals surface area contributed by atoms with Crippen molar-refractivity contribution in [3.63, 3.8) is 0 Å². The summed E-state index contributed by atoms with van der Waals surface area (Å²) in [5, 5.41) is 0. The minimum atomic E-state index is -0.108. The lowest BCUT2D eigenvalue weighted by atomic mass is 10.0. The van der Waals surface area contributed by atoms with Crippen LogP contribution in [-0.2, 0) is 14.3 Å². The van der Waals surface area contributed by atoms with Gasteiger partial charge in [-0.3, -0.25) is 9.69 Å². The third-order valence-corrected chi connectivity index (χ3v) is 4.25. The Morgan fingerprint density at radius 1 is 1.12 bits per heavy atom. The highest BCUT2D eigenvalue weighted by atomic mass is 16.6. The van der Waals surface area contributed by atoms with Crippen LogP contribution in [0.25, 0.3) is 0 Å². The molecule has 0 aromatic heterocycles. The average Bonchev–Trinajstić information content (AvgIpc) is 2.93. The van der Waals surface area contributed by atoms with Crippen LogP contribution < -0.4 is 0 Å². The van der Waals surface area contributed by atoms with Gasteiger partial charge in [0.05, 0.1) is 19.1 Å². The van der Waals surface area contributed by atoms with Crippen LogP contribution in [0, 0.1) is 17.8 Å². The first-order chi connectivity index (χ1) is 11.7. The van der Waals surface area contributed by atoms with E-state index < -0.39 is 0 Å². The van der Waals surface area contributed by atoms with E-state index in [0.29, 0.717) is 13.0 Å². The molecule has 4 nitrogen and oxygen atoms in total. The standard InChI is InChI=1S/C20H35NO3/c1-4-7-12-21(13-8-5-2)14-10-9-11-18-16-19(24-20(18)22)17-23-15-6-3/h18-19H,4-8,11-17H2,1-3H3/t18-,19+/m0/s1. The van der Waals surface area contributed by atoms with Crippen molar-refractivity contribution in [2.45, 2.75) is 71.8 Å². The minimum absolute atomic E-state index is 0.0764. The van der Waals surface area contributed by atoms with E-state index in [0.717, 1.165) is 39.1 Å². The summed E-state index contributed by atoms with van der Waals surface area (Å²) in [5.41, 5.74) is 0. The lowest BCUT2D eigenvalue weighted by Gasteiger charge is -2.18. The summed E-state index contributed by atoms with van der Waals surface area (Å²) in [7, 11) is 0. The number of ether oxygens (including phenoxy) is 2. The van der Waals surface area contributed by atoms with Gasteiger partial charge in [-0.1, -0.05) is 39.5 Å². The first-order valence-corrected chi connectivity index (χ1v) is 9.67. The average molecular weight is 338 g/mol. The van der Waals surface area contributed by atoms with Gasteiger partial charge in [-0.2, -0.15) is 0 Å². The highest BCUT2D eigenvalue weighted by Crippen LogP contribution is 2.23. The number of nitrogens with zero attached hydrogens (tertiary/aromatic N) is 1. The second-order valence-corrected chi connectivity index (χ2v) is 6.61. The molecule has 1 aliphatic rings. The SMILES string of the molecule is CCCCN(CC#CC[C@H]1C[C@H](COCCC)OC1=O)CCCC.